The summed E-state index contributed by atoms with van der Waals surface area (Å²) in [5.74, 6) is -0.401. The maximum Gasteiger partial charge on any atom is 0.231 e. The van der Waals surface area contributed by atoms with Gasteiger partial charge < -0.3 is 10.2 Å². The SMILES string of the molecule is N#Cc1nc(-c2cccc(F)c2Br)oc1N. The first kappa shape index (κ1) is 10.6. The van der Waals surface area contributed by atoms with Crippen molar-refractivity contribution in [3.8, 4) is 17.5 Å². The molecule has 0 fully saturated rings. The molecule has 4 nitrogen and oxygen atoms in total. The summed E-state index contributed by atoms with van der Waals surface area (Å²) in [4.78, 5) is 3.85. The Kier molecular flexibility index (Phi) is 2.62. The highest BCUT2D eigenvalue weighted by atomic mass is 79.9. The zero-order valence-corrected chi connectivity index (χ0v) is 9.45. The fraction of sp³-hybridized carbons (Fsp3) is 0. The monoisotopic (exact) mass is 281 g/mol. The molecule has 6 heteroatoms. The van der Waals surface area contributed by atoms with Gasteiger partial charge in [-0.3, -0.25) is 0 Å². The minimum atomic E-state index is -0.437. The highest BCUT2D eigenvalue weighted by Gasteiger charge is 2.15. The predicted octanol–water partition coefficient (Wildman–Crippen LogP) is 2.70. The van der Waals surface area contributed by atoms with Crippen LogP contribution in [-0.4, -0.2) is 4.98 Å². The Morgan fingerprint density at radius 2 is 2.25 bits per heavy atom. The molecule has 1 aromatic carbocycles. The van der Waals surface area contributed by atoms with Gasteiger partial charge in [-0.25, -0.2) is 4.39 Å². The summed E-state index contributed by atoms with van der Waals surface area (Å²) in [7, 11) is 0. The third-order valence-corrected chi connectivity index (χ3v) is 2.75. The average Bonchev–Trinajstić information content (AvgIpc) is 2.63. The largest absolute Gasteiger partial charge is 0.419 e. The highest BCUT2D eigenvalue weighted by Crippen LogP contribution is 2.31. The van der Waals surface area contributed by atoms with Crippen LogP contribution in [-0.2, 0) is 0 Å². The van der Waals surface area contributed by atoms with Crippen LogP contribution in [0.2, 0.25) is 0 Å². The maximum absolute atomic E-state index is 13.2. The fourth-order valence-electron chi connectivity index (χ4n) is 1.20. The average molecular weight is 282 g/mol. The van der Waals surface area contributed by atoms with Crippen LogP contribution < -0.4 is 5.73 Å². The van der Waals surface area contributed by atoms with Crippen molar-refractivity contribution in [1.29, 1.82) is 5.26 Å². The summed E-state index contributed by atoms with van der Waals surface area (Å²) in [6.07, 6.45) is 0. The molecule has 16 heavy (non-hydrogen) atoms. The van der Waals surface area contributed by atoms with E-state index < -0.39 is 5.82 Å². The molecule has 0 bridgehead atoms. The number of nitriles is 1. The first-order chi connectivity index (χ1) is 7.63. The second-order valence-corrected chi connectivity index (χ2v) is 3.74. The van der Waals surface area contributed by atoms with E-state index in [2.05, 4.69) is 20.9 Å². The Morgan fingerprint density at radius 3 is 2.88 bits per heavy atom. The number of halogens is 2. The lowest BCUT2D eigenvalue weighted by atomic mass is 10.2. The topological polar surface area (TPSA) is 75.8 Å². The summed E-state index contributed by atoms with van der Waals surface area (Å²) < 4.78 is 18.5. The Labute approximate surface area is 98.6 Å². The van der Waals surface area contributed by atoms with Crippen LogP contribution in [0.4, 0.5) is 10.3 Å². The second kappa shape index (κ2) is 3.94. The molecule has 0 amide bonds. The van der Waals surface area contributed by atoms with Gasteiger partial charge in [-0.15, -0.1) is 0 Å². The Hall–Kier alpha value is -1.87. The van der Waals surface area contributed by atoms with Crippen LogP contribution >= 0.6 is 15.9 Å². The Morgan fingerprint density at radius 1 is 1.50 bits per heavy atom. The lowest BCUT2D eigenvalue weighted by Gasteiger charge is -1.99. The number of hydrogen-bond donors (Lipinski definition) is 1. The number of oxazole rings is 1. The molecular formula is C10H5BrFN3O. The quantitative estimate of drug-likeness (QED) is 0.872. The van der Waals surface area contributed by atoms with E-state index in [0.717, 1.165) is 0 Å². The Balaban J connectivity index is 2.60. The minimum Gasteiger partial charge on any atom is -0.419 e. The number of nitrogens with zero attached hydrogens (tertiary/aromatic N) is 2. The summed E-state index contributed by atoms with van der Waals surface area (Å²) in [6, 6.07) is 6.20. The van der Waals surface area contributed by atoms with Crippen molar-refractivity contribution in [2.24, 2.45) is 0 Å². The van der Waals surface area contributed by atoms with Crippen LogP contribution in [0.1, 0.15) is 5.69 Å². The van der Waals surface area contributed by atoms with E-state index in [-0.39, 0.29) is 21.9 Å². The number of nitrogen functional groups attached to an aromatic ring is 1. The highest BCUT2D eigenvalue weighted by molar-refractivity contribution is 9.10. The molecule has 0 saturated heterocycles. The number of rotatable bonds is 1. The molecule has 0 unspecified atom stereocenters. The van der Waals surface area contributed by atoms with E-state index in [1.807, 2.05) is 0 Å². The molecule has 0 radical (unpaired) electrons. The summed E-state index contributed by atoms with van der Waals surface area (Å²) in [6.45, 7) is 0. The van der Waals surface area contributed by atoms with E-state index >= 15 is 0 Å². The summed E-state index contributed by atoms with van der Waals surface area (Å²) >= 11 is 3.07. The van der Waals surface area contributed by atoms with Gasteiger partial charge in [-0.05, 0) is 28.1 Å². The zero-order chi connectivity index (χ0) is 11.7. The molecule has 2 N–H and O–H groups in total. The predicted molar refractivity (Wildman–Crippen MR) is 58.7 cm³/mol. The van der Waals surface area contributed by atoms with Gasteiger partial charge in [-0.2, -0.15) is 10.2 Å². The molecule has 1 heterocycles. The van der Waals surface area contributed by atoms with E-state index in [1.165, 1.54) is 12.1 Å². The minimum absolute atomic E-state index is 0.00818. The molecule has 0 aliphatic heterocycles. The normalized spacial score (nSPS) is 10.1. The summed E-state index contributed by atoms with van der Waals surface area (Å²) in [5, 5.41) is 8.66. The van der Waals surface area contributed by atoms with Crippen LogP contribution in [0, 0.1) is 17.1 Å². The van der Waals surface area contributed by atoms with Crippen molar-refractivity contribution in [3.63, 3.8) is 0 Å². The van der Waals surface area contributed by atoms with Crippen LogP contribution in [0.5, 0.6) is 0 Å². The number of nitrogens with two attached hydrogens (primary N) is 1. The van der Waals surface area contributed by atoms with Gasteiger partial charge >= 0.3 is 0 Å². The van der Waals surface area contributed by atoms with E-state index in [0.29, 0.717) is 5.56 Å². The third-order valence-electron chi connectivity index (χ3n) is 1.94. The van der Waals surface area contributed by atoms with Gasteiger partial charge in [-0.1, -0.05) is 6.07 Å². The number of benzene rings is 1. The van der Waals surface area contributed by atoms with Gasteiger partial charge in [0, 0.05) is 0 Å². The van der Waals surface area contributed by atoms with Gasteiger partial charge in [0.15, 0.2) is 0 Å². The molecule has 0 saturated carbocycles. The molecule has 0 aliphatic rings. The van der Waals surface area contributed by atoms with Crippen molar-refractivity contribution in [3.05, 3.63) is 34.2 Å². The molecule has 0 spiro atoms. The van der Waals surface area contributed by atoms with Gasteiger partial charge in [0.1, 0.15) is 11.9 Å². The lowest BCUT2D eigenvalue weighted by Crippen LogP contribution is -1.84. The van der Waals surface area contributed by atoms with E-state index in [1.54, 1.807) is 12.1 Å². The van der Waals surface area contributed by atoms with Crippen LogP contribution in [0.25, 0.3) is 11.5 Å². The second-order valence-electron chi connectivity index (χ2n) is 2.95. The zero-order valence-electron chi connectivity index (χ0n) is 7.87. The summed E-state index contributed by atoms with van der Waals surface area (Å²) in [5.41, 5.74) is 5.82. The third kappa shape index (κ3) is 1.66. The Bertz CT molecular complexity index is 588. The molecule has 80 valence electrons. The van der Waals surface area contributed by atoms with Crippen molar-refractivity contribution >= 4 is 21.8 Å². The van der Waals surface area contributed by atoms with Crippen LogP contribution in [0.3, 0.4) is 0 Å². The molecule has 1 aromatic heterocycles. The molecule has 2 aromatic rings. The molecule has 0 atom stereocenters. The smallest absolute Gasteiger partial charge is 0.231 e. The van der Waals surface area contributed by atoms with Crippen molar-refractivity contribution in [1.82, 2.24) is 4.98 Å². The first-order valence-corrected chi connectivity index (χ1v) is 5.03. The van der Waals surface area contributed by atoms with Crippen molar-refractivity contribution in [2.75, 3.05) is 5.73 Å². The lowest BCUT2D eigenvalue weighted by molar-refractivity contribution is 0.588. The van der Waals surface area contributed by atoms with Gasteiger partial charge in [0.2, 0.25) is 17.5 Å². The standard InChI is InChI=1S/C10H5BrFN3O/c11-8-5(2-1-3-6(8)12)10-15-7(4-13)9(14)16-10/h1-3H,14H2. The number of hydrogen-bond acceptors (Lipinski definition) is 4. The maximum atomic E-state index is 13.2. The molecule has 0 aliphatic carbocycles. The number of anilines is 1. The van der Waals surface area contributed by atoms with E-state index in [4.69, 9.17) is 15.4 Å². The first-order valence-electron chi connectivity index (χ1n) is 4.24. The fourth-order valence-corrected chi connectivity index (χ4v) is 1.63. The van der Waals surface area contributed by atoms with Crippen molar-refractivity contribution < 1.29 is 8.81 Å². The van der Waals surface area contributed by atoms with Gasteiger partial charge in [0.05, 0.1) is 10.0 Å². The van der Waals surface area contributed by atoms with Gasteiger partial charge in [0.25, 0.3) is 0 Å². The van der Waals surface area contributed by atoms with E-state index in [9.17, 15) is 4.39 Å². The number of aromatic nitrogens is 1. The van der Waals surface area contributed by atoms with Crippen molar-refractivity contribution in [2.45, 2.75) is 0 Å². The molecule has 2 rings (SSSR count). The van der Waals surface area contributed by atoms with Crippen LogP contribution in [0.15, 0.2) is 27.1 Å². The molecular weight excluding hydrogens is 277 g/mol.